The minimum Gasteiger partial charge on any atom is -0.494 e. The number of nitrogens with one attached hydrogen (secondary N) is 1. The number of carbonyl (C=O) groups excluding carboxylic acids is 1. The molecule has 0 amide bonds. The molecule has 6 heteroatoms. The fourth-order valence-electron chi connectivity index (χ4n) is 1.63. The fourth-order valence-corrected chi connectivity index (χ4v) is 1.63. The van der Waals surface area contributed by atoms with Crippen LogP contribution in [0.25, 0.3) is 0 Å². The molecule has 1 heterocycles. The Morgan fingerprint density at radius 2 is 2.05 bits per heavy atom. The van der Waals surface area contributed by atoms with E-state index in [9.17, 15) is 9.18 Å². The summed E-state index contributed by atoms with van der Waals surface area (Å²) in [5, 5.41) is 2.96. The van der Waals surface area contributed by atoms with Crippen molar-refractivity contribution < 1.29 is 18.7 Å². The Bertz CT molecular complexity index is 632. The zero-order valence-electron chi connectivity index (χ0n) is 11.0. The first-order valence-electron chi connectivity index (χ1n) is 5.79. The standard InChI is InChI=1S/C14H13FN2O3/c1-19-12-8-10(3-4-11(12)15)17-13-7-9(5-6-16-13)14(18)20-2/h3-8H,1-2H3,(H,16,17). The molecule has 1 aromatic carbocycles. The summed E-state index contributed by atoms with van der Waals surface area (Å²) in [6.45, 7) is 0. The summed E-state index contributed by atoms with van der Waals surface area (Å²) in [5.41, 5.74) is 0.969. The molecule has 0 spiro atoms. The molecule has 0 saturated heterocycles. The molecule has 0 saturated carbocycles. The van der Waals surface area contributed by atoms with Gasteiger partial charge in [-0.2, -0.15) is 0 Å². The number of nitrogens with zero attached hydrogens (tertiary/aromatic N) is 1. The van der Waals surface area contributed by atoms with Crippen LogP contribution in [0, 0.1) is 5.82 Å². The van der Waals surface area contributed by atoms with Crippen LogP contribution in [-0.4, -0.2) is 25.2 Å². The lowest BCUT2D eigenvalue weighted by Crippen LogP contribution is -2.03. The molecule has 0 aliphatic carbocycles. The van der Waals surface area contributed by atoms with Crippen molar-refractivity contribution in [2.24, 2.45) is 0 Å². The van der Waals surface area contributed by atoms with Crippen LogP contribution in [0.4, 0.5) is 15.9 Å². The largest absolute Gasteiger partial charge is 0.494 e. The van der Waals surface area contributed by atoms with Gasteiger partial charge in [0.1, 0.15) is 5.82 Å². The lowest BCUT2D eigenvalue weighted by Gasteiger charge is -2.09. The van der Waals surface area contributed by atoms with Crippen molar-refractivity contribution in [2.45, 2.75) is 0 Å². The molecule has 1 aromatic heterocycles. The molecule has 0 fully saturated rings. The Kier molecular flexibility index (Phi) is 4.14. The quantitative estimate of drug-likeness (QED) is 0.870. The monoisotopic (exact) mass is 276 g/mol. The van der Waals surface area contributed by atoms with Crippen LogP contribution in [0.2, 0.25) is 0 Å². The van der Waals surface area contributed by atoms with Crippen LogP contribution in [0.3, 0.4) is 0 Å². The number of esters is 1. The van der Waals surface area contributed by atoms with E-state index < -0.39 is 11.8 Å². The smallest absolute Gasteiger partial charge is 0.338 e. The number of hydrogen-bond donors (Lipinski definition) is 1. The summed E-state index contributed by atoms with van der Waals surface area (Å²) in [6, 6.07) is 7.42. The molecule has 0 aliphatic heterocycles. The zero-order chi connectivity index (χ0) is 14.5. The summed E-state index contributed by atoms with van der Waals surface area (Å²) in [4.78, 5) is 15.5. The average molecular weight is 276 g/mol. The lowest BCUT2D eigenvalue weighted by molar-refractivity contribution is 0.0600. The summed E-state index contributed by atoms with van der Waals surface area (Å²) in [5.74, 6) is -0.331. The third-order valence-electron chi connectivity index (χ3n) is 2.60. The number of pyridine rings is 1. The Labute approximate surface area is 115 Å². The van der Waals surface area contributed by atoms with E-state index >= 15 is 0 Å². The maximum Gasteiger partial charge on any atom is 0.338 e. The Hall–Kier alpha value is -2.63. The number of hydrogen-bond acceptors (Lipinski definition) is 5. The molecular weight excluding hydrogens is 263 g/mol. The van der Waals surface area contributed by atoms with Gasteiger partial charge in [-0.25, -0.2) is 14.2 Å². The van der Waals surface area contributed by atoms with Crippen LogP contribution in [-0.2, 0) is 4.74 Å². The molecule has 0 atom stereocenters. The van der Waals surface area contributed by atoms with E-state index in [1.807, 2.05) is 0 Å². The van der Waals surface area contributed by atoms with Crippen molar-refractivity contribution in [3.63, 3.8) is 0 Å². The van der Waals surface area contributed by atoms with Crippen molar-refractivity contribution in [3.8, 4) is 5.75 Å². The Balaban J connectivity index is 2.24. The molecular formula is C14H13FN2O3. The number of methoxy groups -OCH3 is 2. The first kappa shape index (κ1) is 13.8. The van der Waals surface area contributed by atoms with E-state index in [-0.39, 0.29) is 5.75 Å². The second-order valence-corrected chi connectivity index (χ2v) is 3.90. The molecule has 1 N–H and O–H groups in total. The van der Waals surface area contributed by atoms with Gasteiger partial charge in [-0.1, -0.05) is 0 Å². The molecule has 20 heavy (non-hydrogen) atoms. The third-order valence-corrected chi connectivity index (χ3v) is 2.60. The normalized spacial score (nSPS) is 9.95. The molecule has 0 aliphatic rings. The highest BCUT2D eigenvalue weighted by Crippen LogP contribution is 2.23. The summed E-state index contributed by atoms with van der Waals surface area (Å²) in [6.07, 6.45) is 1.48. The highest BCUT2D eigenvalue weighted by atomic mass is 19.1. The van der Waals surface area contributed by atoms with Gasteiger partial charge in [0.15, 0.2) is 11.6 Å². The van der Waals surface area contributed by atoms with E-state index in [0.29, 0.717) is 17.1 Å². The van der Waals surface area contributed by atoms with E-state index in [4.69, 9.17) is 4.74 Å². The van der Waals surface area contributed by atoms with Gasteiger partial charge in [-0.15, -0.1) is 0 Å². The fraction of sp³-hybridized carbons (Fsp3) is 0.143. The summed E-state index contributed by atoms with van der Waals surface area (Å²) in [7, 11) is 2.69. The van der Waals surface area contributed by atoms with Crippen molar-refractivity contribution in [1.82, 2.24) is 4.98 Å². The summed E-state index contributed by atoms with van der Waals surface area (Å²) >= 11 is 0. The van der Waals surface area contributed by atoms with Gasteiger partial charge in [-0.3, -0.25) is 0 Å². The van der Waals surface area contributed by atoms with E-state index in [1.54, 1.807) is 18.2 Å². The number of carbonyl (C=O) groups is 1. The molecule has 2 aromatic rings. The maximum atomic E-state index is 13.3. The Morgan fingerprint density at radius 1 is 1.25 bits per heavy atom. The predicted molar refractivity (Wildman–Crippen MR) is 71.8 cm³/mol. The molecule has 104 valence electrons. The van der Waals surface area contributed by atoms with E-state index in [0.717, 1.165) is 0 Å². The van der Waals surface area contributed by atoms with Crippen LogP contribution in [0.5, 0.6) is 5.75 Å². The number of halogens is 1. The number of anilines is 2. The van der Waals surface area contributed by atoms with Crippen LogP contribution < -0.4 is 10.1 Å². The van der Waals surface area contributed by atoms with Gasteiger partial charge < -0.3 is 14.8 Å². The first-order chi connectivity index (χ1) is 9.63. The number of aromatic nitrogens is 1. The van der Waals surface area contributed by atoms with E-state index in [2.05, 4.69) is 15.0 Å². The minimum absolute atomic E-state index is 0.124. The highest BCUT2D eigenvalue weighted by Gasteiger charge is 2.08. The predicted octanol–water partition coefficient (Wildman–Crippen LogP) is 2.76. The highest BCUT2D eigenvalue weighted by molar-refractivity contribution is 5.90. The topological polar surface area (TPSA) is 60.5 Å². The molecule has 2 rings (SSSR count). The number of benzene rings is 1. The lowest BCUT2D eigenvalue weighted by atomic mass is 10.2. The Morgan fingerprint density at radius 3 is 2.75 bits per heavy atom. The van der Waals surface area contributed by atoms with Gasteiger partial charge in [0, 0.05) is 18.0 Å². The third kappa shape index (κ3) is 3.03. The van der Waals surface area contributed by atoms with Gasteiger partial charge in [0.25, 0.3) is 0 Å². The minimum atomic E-state index is -0.452. The SMILES string of the molecule is COC(=O)c1ccnc(Nc2ccc(F)c(OC)c2)c1. The first-order valence-corrected chi connectivity index (χ1v) is 5.79. The number of ether oxygens (including phenoxy) is 2. The van der Waals surface area contributed by atoms with Crippen molar-refractivity contribution >= 4 is 17.5 Å². The van der Waals surface area contributed by atoms with Gasteiger partial charge in [0.2, 0.25) is 0 Å². The maximum absolute atomic E-state index is 13.3. The molecule has 0 bridgehead atoms. The van der Waals surface area contributed by atoms with Gasteiger partial charge in [-0.05, 0) is 24.3 Å². The van der Waals surface area contributed by atoms with Crippen LogP contribution >= 0.6 is 0 Å². The average Bonchev–Trinajstić information content (AvgIpc) is 2.48. The number of rotatable bonds is 4. The van der Waals surface area contributed by atoms with Crippen LogP contribution in [0.15, 0.2) is 36.5 Å². The zero-order valence-corrected chi connectivity index (χ0v) is 11.0. The van der Waals surface area contributed by atoms with Gasteiger partial charge >= 0.3 is 5.97 Å². The molecule has 0 radical (unpaired) electrons. The van der Waals surface area contributed by atoms with Crippen molar-refractivity contribution in [3.05, 3.63) is 47.9 Å². The second-order valence-electron chi connectivity index (χ2n) is 3.90. The molecule has 5 nitrogen and oxygen atoms in total. The molecule has 0 unspecified atom stereocenters. The van der Waals surface area contributed by atoms with Crippen LogP contribution in [0.1, 0.15) is 10.4 Å². The van der Waals surface area contributed by atoms with Crippen molar-refractivity contribution in [2.75, 3.05) is 19.5 Å². The van der Waals surface area contributed by atoms with Crippen molar-refractivity contribution in [1.29, 1.82) is 0 Å². The summed E-state index contributed by atoms with van der Waals surface area (Å²) < 4.78 is 22.8. The van der Waals surface area contributed by atoms with Gasteiger partial charge in [0.05, 0.1) is 19.8 Å². The van der Waals surface area contributed by atoms with E-state index in [1.165, 1.54) is 32.5 Å². The second kappa shape index (κ2) is 6.01.